The number of nitrogens with two attached hydrogens (primary N) is 1. The van der Waals surface area contributed by atoms with E-state index < -0.39 is 11.9 Å². The molecule has 3 heterocycles. The van der Waals surface area contributed by atoms with Crippen LogP contribution in [0.1, 0.15) is 70.4 Å². The van der Waals surface area contributed by atoms with Gasteiger partial charge >= 0.3 is 5.91 Å². The van der Waals surface area contributed by atoms with Crippen LogP contribution in [0.5, 0.6) is 0 Å². The third kappa shape index (κ3) is 5.42. The molecule has 0 radical (unpaired) electrons. The Bertz CT molecular complexity index is 1440. The van der Waals surface area contributed by atoms with Crippen molar-refractivity contribution in [1.29, 1.82) is 0 Å². The van der Waals surface area contributed by atoms with Crippen molar-refractivity contribution < 1.29 is 14.0 Å². The summed E-state index contributed by atoms with van der Waals surface area (Å²) >= 11 is 1.40. The quantitative estimate of drug-likeness (QED) is 0.326. The minimum atomic E-state index is -0.454. The molecule has 1 aliphatic rings. The van der Waals surface area contributed by atoms with E-state index in [1.165, 1.54) is 29.4 Å². The SMILES string of the molecule is CC(C)(C)C1CCc2nc3sc(C(=O)NC(CN)c4cccc(NC(=O)c5ncco5)c4)cc3cc2C1. The van der Waals surface area contributed by atoms with Gasteiger partial charge in [-0.1, -0.05) is 32.9 Å². The predicted octanol–water partition coefficient (Wildman–Crippen LogP) is 5.12. The second kappa shape index (κ2) is 10.1. The van der Waals surface area contributed by atoms with E-state index in [0.29, 0.717) is 16.5 Å². The van der Waals surface area contributed by atoms with Crippen molar-refractivity contribution in [2.45, 2.75) is 46.1 Å². The molecule has 8 nitrogen and oxygen atoms in total. The molecule has 2 amide bonds. The Morgan fingerprint density at radius 3 is 2.78 bits per heavy atom. The summed E-state index contributed by atoms with van der Waals surface area (Å²) in [6.45, 7) is 7.11. The van der Waals surface area contributed by atoms with Crippen LogP contribution in [-0.4, -0.2) is 28.3 Å². The lowest BCUT2D eigenvalue weighted by Gasteiger charge is -2.34. The summed E-state index contributed by atoms with van der Waals surface area (Å²) in [7, 11) is 0. The first-order valence-corrected chi connectivity index (χ1v) is 13.3. The number of anilines is 1. The highest BCUT2D eigenvalue weighted by molar-refractivity contribution is 7.20. The molecule has 0 saturated carbocycles. The van der Waals surface area contributed by atoms with Crippen molar-refractivity contribution >= 4 is 39.1 Å². The van der Waals surface area contributed by atoms with Gasteiger partial charge in [-0.2, -0.15) is 0 Å². The Labute approximate surface area is 219 Å². The number of amides is 2. The van der Waals surface area contributed by atoms with Gasteiger partial charge in [0.25, 0.3) is 11.8 Å². The van der Waals surface area contributed by atoms with Crippen LogP contribution in [0.3, 0.4) is 0 Å². The van der Waals surface area contributed by atoms with Crippen molar-refractivity contribution in [2.24, 2.45) is 17.1 Å². The molecule has 3 aromatic heterocycles. The van der Waals surface area contributed by atoms with E-state index in [0.717, 1.165) is 40.7 Å². The maximum Gasteiger partial charge on any atom is 0.311 e. The van der Waals surface area contributed by atoms with Gasteiger partial charge in [-0.05, 0) is 66.0 Å². The molecule has 0 aliphatic heterocycles. The number of hydrogen-bond acceptors (Lipinski definition) is 7. The van der Waals surface area contributed by atoms with Gasteiger partial charge in [0.05, 0.1) is 17.1 Å². The van der Waals surface area contributed by atoms with E-state index in [4.69, 9.17) is 15.1 Å². The molecule has 0 bridgehead atoms. The molecular weight excluding hydrogens is 486 g/mol. The van der Waals surface area contributed by atoms with Crippen LogP contribution >= 0.6 is 11.3 Å². The lowest BCUT2D eigenvalue weighted by atomic mass is 9.71. The molecule has 192 valence electrons. The Kier molecular flexibility index (Phi) is 6.83. The number of aromatic nitrogens is 2. The highest BCUT2D eigenvalue weighted by Gasteiger charge is 2.30. The highest BCUT2D eigenvalue weighted by atomic mass is 32.1. The van der Waals surface area contributed by atoms with Crippen LogP contribution in [0.25, 0.3) is 10.2 Å². The maximum atomic E-state index is 13.2. The Hall–Kier alpha value is -3.56. The molecule has 0 spiro atoms. The first-order chi connectivity index (χ1) is 17.7. The minimum Gasteiger partial charge on any atom is -0.441 e. The summed E-state index contributed by atoms with van der Waals surface area (Å²) in [5, 5.41) is 6.79. The molecule has 4 N–H and O–H groups in total. The second-order valence-corrected chi connectivity index (χ2v) is 11.6. The van der Waals surface area contributed by atoms with Gasteiger partial charge in [-0.3, -0.25) is 9.59 Å². The predicted molar refractivity (Wildman–Crippen MR) is 145 cm³/mol. The number of hydrogen-bond donors (Lipinski definition) is 3. The number of thiophene rings is 1. The van der Waals surface area contributed by atoms with Crippen molar-refractivity contribution in [2.75, 3.05) is 11.9 Å². The summed E-state index contributed by atoms with van der Waals surface area (Å²) in [5.74, 6) is -0.0482. The zero-order valence-electron chi connectivity index (χ0n) is 21.2. The van der Waals surface area contributed by atoms with Crippen molar-refractivity contribution in [1.82, 2.24) is 15.3 Å². The number of benzene rings is 1. The molecule has 2 atom stereocenters. The van der Waals surface area contributed by atoms with Gasteiger partial charge in [0.15, 0.2) is 0 Å². The molecule has 37 heavy (non-hydrogen) atoms. The topological polar surface area (TPSA) is 123 Å². The van der Waals surface area contributed by atoms with Gasteiger partial charge in [0, 0.05) is 23.3 Å². The van der Waals surface area contributed by atoms with E-state index in [9.17, 15) is 9.59 Å². The summed E-state index contributed by atoms with van der Waals surface area (Å²) in [6, 6.07) is 10.9. The molecule has 2 unspecified atom stereocenters. The average molecular weight is 518 g/mol. The third-order valence-corrected chi connectivity index (χ3v) is 8.08. The average Bonchev–Trinajstić information content (AvgIpc) is 3.55. The fourth-order valence-electron chi connectivity index (χ4n) is 4.84. The lowest BCUT2D eigenvalue weighted by molar-refractivity contribution is 0.0940. The summed E-state index contributed by atoms with van der Waals surface area (Å²) in [6.07, 6.45) is 5.89. The van der Waals surface area contributed by atoms with Crippen LogP contribution in [-0.2, 0) is 12.8 Å². The van der Waals surface area contributed by atoms with Crippen molar-refractivity contribution in [3.63, 3.8) is 0 Å². The Morgan fingerprint density at radius 2 is 2.05 bits per heavy atom. The molecule has 0 saturated heterocycles. The van der Waals surface area contributed by atoms with E-state index in [1.54, 1.807) is 18.2 Å². The summed E-state index contributed by atoms with van der Waals surface area (Å²) < 4.78 is 5.04. The summed E-state index contributed by atoms with van der Waals surface area (Å²) in [4.78, 5) is 35.7. The number of pyridine rings is 1. The number of carbonyl (C=O) groups excluding carboxylic acids is 2. The molecule has 1 aromatic carbocycles. The molecule has 5 rings (SSSR count). The van der Waals surface area contributed by atoms with Crippen LogP contribution in [0.2, 0.25) is 0 Å². The highest BCUT2D eigenvalue weighted by Crippen LogP contribution is 2.38. The van der Waals surface area contributed by atoms with Crippen LogP contribution in [0.15, 0.2) is 53.3 Å². The molecule has 9 heteroatoms. The number of aryl methyl sites for hydroxylation is 1. The normalized spacial score (nSPS) is 16.3. The monoisotopic (exact) mass is 517 g/mol. The maximum absolute atomic E-state index is 13.2. The fraction of sp³-hybridized carbons (Fsp3) is 0.357. The number of nitrogens with one attached hydrogen (secondary N) is 2. The number of nitrogens with zero attached hydrogens (tertiary/aromatic N) is 2. The van der Waals surface area contributed by atoms with Gasteiger partial charge in [0.2, 0.25) is 0 Å². The van der Waals surface area contributed by atoms with Gasteiger partial charge < -0.3 is 20.8 Å². The first kappa shape index (κ1) is 25.1. The molecule has 1 aliphatic carbocycles. The van der Waals surface area contributed by atoms with Crippen LogP contribution in [0, 0.1) is 11.3 Å². The number of rotatable bonds is 6. The van der Waals surface area contributed by atoms with E-state index >= 15 is 0 Å². The number of fused-ring (bicyclic) bond motifs is 2. The van der Waals surface area contributed by atoms with Gasteiger partial charge in [0.1, 0.15) is 11.1 Å². The lowest BCUT2D eigenvalue weighted by Crippen LogP contribution is -2.33. The zero-order valence-corrected chi connectivity index (χ0v) is 22.0. The molecule has 0 fully saturated rings. The standard InChI is InChI=1S/C28H31N5O3S/c1-28(2,3)19-7-8-21-17(12-19)11-18-14-23(37-27(18)33-21)24(34)32-22(15-29)16-5-4-6-20(13-16)31-25(35)26-30-9-10-36-26/h4-6,9-11,13-14,19,22H,7-8,12,15,29H2,1-3H3,(H,31,35)(H,32,34). The minimum absolute atomic E-state index is 0.0249. The van der Waals surface area contributed by atoms with Crippen molar-refractivity contribution in [3.8, 4) is 0 Å². The Balaban J connectivity index is 1.31. The Morgan fingerprint density at radius 1 is 1.22 bits per heavy atom. The second-order valence-electron chi connectivity index (χ2n) is 10.6. The van der Waals surface area contributed by atoms with Crippen LogP contribution < -0.4 is 16.4 Å². The van der Waals surface area contributed by atoms with E-state index in [-0.39, 0.29) is 23.8 Å². The number of oxazole rings is 1. The van der Waals surface area contributed by atoms with Gasteiger partial charge in [-0.25, -0.2) is 9.97 Å². The fourth-order valence-corrected chi connectivity index (χ4v) is 5.77. The van der Waals surface area contributed by atoms with Crippen molar-refractivity contribution in [3.05, 3.63) is 76.4 Å². The first-order valence-electron chi connectivity index (χ1n) is 12.5. The largest absolute Gasteiger partial charge is 0.441 e. The molecule has 4 aromatic rings. The third-order valence-electron chi connectivity index (χ3n) is 7.04. The smallest absolute Gasteiger partial charge is 0.311 e. The van der Waals surface area contributed by atoms with E-state index in [2.05, 4.69) is 42.5 Å². The van der Waals surface area contributed by atoms with Crippen LogP contribution in [0.4, 0.5) is 5.69 Å². The molecular formula is C28H31N5O3S. The zero-order chi connectivity index (χ0) is 26.2. The van der Waals surface area contributed by atoms with Gasteiger partial charge in [-0.15, -0.1) is 11.3 Å². The summed E-state index contributed by atoms with van der Waals surface area (Å²) in [5.41, 5.74) is 10.1. The number of carbonyl (C=O) groups is 2. The van der Waals surface area contributed by atoms with E-state index in [1.807, 2.05) is 12.1 Å².